The summed E-state index contributed by atoms with van der Waals surface area (Å²) < 4.78 is 5.42. The highest BCUT2D eigenvalue weighted by molar-refractivity contribution is 6.42. The number of ether oxygens (including phenoxy) is 1. The van der Waals surface area contributed by atoms with E-state index in [-0.39, 0.29) is 22.2 Å². The first kappa shape index (κ1) is 22.8. The fraction of sp³-hybridized carbons (Fsp3) is 0.222. The molecule has 1 atom stereocenters. The molecule has 35 heavy (non-hydrogen) atoms. The molecular formula is C27H27N4O4+. The van der Waals surface area contributed by atoms with E-state index in [0.29, 0.717) is 22.4 Å². The van der Waals surface area contributed by atoms with Crippen LogP contribution in [0.3, 0.4) is 0 Å². The van der Waals surface area contributed by atoms with E-state index in [0.717, 1.165) is 16.5 Å². The molecule has 0 radical (unpaired) electrons. The summed E-state index contributed by atoms with van der Waals surface area (Å²) in [5.74, 6) is -0.992. The van der Waals surface area contributed by atoms with Crippen molar-refractivity contribution in [3.63, 3.8) is 0 Å². The molecule has 3 heterocycles. The molecule has 8 heteroatoms. The first-order chi connectivity index (χ1) is 16.5. The highest BCUT2D eigenvalue weighted by Crippen LogP contribution is 2.48. The Morgan fingerprint density at radius 3 is 2.43 bits per heavy atom. The molecule has 1 unspecified atom stereocenters. The van der Waals surface area contributed by atoms with Gasteiger partial charge in [-0.05, 0) is 32.9 Å². The van der Waals surface area contributed by atoms with Gasteiger partial charge in [0.25, 0.3) is 11.8 Å². The van der Waals surface area contributed by atoms with Crippen LogP contribution in [0, 0.1) is 0 Å². The third kappa shape index (κ3) is 3.50. The Hall–Kier alpha value is -4.01. The van der Waals surface area contributed by atoms with E-state index in [4.69, 9.17) is 10.5 Å². The van der Waals surface area contributed by atoms with Crippen LogP contribution in [0.25, 0.3) is 22.0 Å². The zero-order valence-corrected chi connectivity index (χ0v) is 20.1. The molecular weight excluding hydrogens is 444 g/mol. The van der Waals surface area contributed by atoms with Crippen molar-refractivity contribution in [2.24, 2.45) is 5.73 Å². The maximum Gasteiger partial charge on any atom is 0.526 e. The highest BCUT2D eigenvalue weighted by Gasteiger charge is 2.49. The second-order valence-corrected chi connectivity index (χ2v) is 9.90. The van der Waals surface area contributed by atoms with Gasteiger partial charge in [-0.25, -0.2) is 0 Å². The van der Waals surface area contributed by atoms with Crippen LogP contribution in [0.4, 0.5) is 10.5 Å². The minimum Gasteiger partial charge on any atom is -0.414 e. The summed E-state index contributed by atoms with van der Waals surface area (Å²) in [7, 11) is 1.71. The molecule has 2 aliphatic rings. The van der Waals surface area contributed by atoms with E-state index in [1.165, 1.54) is 0 Å². The largest absolute Gasteiger partial charge is 0.526 e. The number of hydrogen-bond acceptors (Lipinski definition) is 5. The lowest BCUT2D eigenvalue weighted by Crippen LogP contribution is -2.48. The van der Waals surface area contributed by atoms with Gasteiger partial charge in [0.1, 0.15) is 11.8 Å². The van der Waals surface area contributed by atoms with Gasteiger partial charge < -0.3 is 15.5 Å². The number of nitrogens with one attached hydrogen (secondary N) is 2. The van der Waals surface area contributed by atoms with Crippen LogP contribution in [-0.2, 0) is 20.9 Å². The lowest BCUT2D eigenvalue weighted by Gasteiger charge is -2.29. The zero-order valence-electron chi connectivity index (χ0n) is 20.1. The quantitative estimate of drug-likeness (QED) is 0.395. The number of amides is 3. The van der Waals surface area contributed by atoms with Crippen molar-refractivity contribution >= 4 is 45.6 Å². The summed E-state index contributed by atoms with van der Waals surface area (Å²) in [5.41, 5.74) is 9.83. The predicted molar refractivity (Wildman–Crippen MR) is 135 cm³/mol. The molecule has 4 N–H and O–H groups in total. The van der Waals surface area contributed by atoms with Crippen LogP contribution in [-0.4, -0.2) is 35.5 Å². The number of hydrogen-bond donors (Lipinski definition) is 3. The minimum atomic E-state index is -0.720. The zero-order chi connectivity index (χ0) is 25.1. The number of carbonyl (C=O) groups is 3. The van der Waals surface area contributed by atoms with Crippen molar-refractivity contribution in [2.45, 2.75) is 32.9 Å². The van der Waals surface area contributed by atoms with Gasteiger partial charge >= 0.3 is 6.09 Å². The van der Waals surface area contributed by atoms with Gasteiger partial charge in [-0.2, -0.15) is 9.28 Å². The number of nitrogens with zero attached hydrogens (tertiary/aromatic N) is 1. The van der Waals surface area contributed by atoms with Gasteiger partial charge in [0.05, 0.1) is 29.3 Å². The molecule has 2 aliphatic heterocycles. The van der Waals surface area contributed by atoms with Crippen molar-refractivity contribution in [3.8, 4) is 0 Å². The Labute approximate surface area is 202 Å². The maximum atomic E-state index is 13.5. The topological polar surface area (TPSA) is 114 Å². The number of carbonyl (C=O) groups excluding carboxylic acids is 3. The van der Waals surface area contributed by atoms with Gasteiger partial charge in [-0.3, -0.25) is 14.9 Å². The summed E-state index contributed by atoms with van der Waals surface area (Å²) >= 11 is 0. The lowest BCUT2D eigenvalue weighted by molar-refractivity contribution is -0.123. The Bertz CT molecular complexity index is 1490. The molecule has 8 nitrogen and oxygen atoms in total. The predicted octanol–water partition coefficient (Wildman–Crippen LogP) is 3.96. The summed E-state index contributed by atoms with van der Waals surface area (Å²) in [4.78, 5) is 42.9. The molecule has 178 valence electrons. The van der Waals surface area contributed by atoms with Gasteiger partial charge in [-0.15, -0.1) is 0 Å². The van der Waals surface area contributed by atoms with Crippen molar-refractivity contribution in [1.29, 1.82) is 0 Å². The minimum absolute atomic E-state index is 0.195. The van der Waals surface area contributed by atoms with Crippen LogP contribution in [0.1, 0.15) is 37.5 Å². The van der Waals surface area contributed by atoms with Crippen molar-refractivity contribution in [1.82, 2.24) is 14.8 Å². The fourth-order valence-electron chi connectivity index (χ4n) is 4.86. The molecule has 0 fully saturated rings. The van der Waals surface area contributed by atoms with Gasteiger partial charge in [0.15, 0.2) is 5.69 Å². The second kappa shape index (κ2) is 7.76. The molecule has 2 aromatic carbocycles. The summed E-state index contributed by atoms with van der Waals surface area (Å²) in [5, 5.41) is 3.27. The van der Waals surface area contributed by atoms with Crippen LogP contribution in [0.2, 0.25) is 0 Å². The monoisotopic (exact) mass is 471 g/mol. The molecule has 0 spiro atoms. The highest BCUT2D eigenvalue weighted by atomic mass is 16.6. The molecule has 5 rings (SSSR count). The standard InChI is InChI=1S/C27H26N4O4/c1-27(2,3)35-26(34)31(4)14-19(17-10-7-8-15(12-28)23(17)31)22-21(24(32)30-25(22)33)18-13-29-20-11-6-5-9-16(18)20/h5-11,13-14H,12,28H2,1-4H3,(H-,29,30,32,33)/p+1. The Kier molecular flexibility index (Phi) is 5.05. The van der Waals surface area contributed by atoms with Gasteiger partial charge in [-0.1, -0.05) is 30.3 Å². The van der Waals surface area contributed by atoms with Crippen LogP contribution in [0.5, 0.6) is 0 Å². The van der Waals surface area contributed by atoms with Crippen molar-refractivity contribution in [2.75, 3.05) is 7.05 Å². The Morgan fingerprint density at radius 2 is 1.71 bits per heavy atom. The van der Waals surface area contributed by atoms with Crippen LogP contribution < -0.4 is 15.5 Å². The number of fused-ring (bicyclic) bond motifs is 2. The van der Waals surface area contributed by atoms with E-state index in [1.54, 1.807) is 40.2 Å². The van der Waals surface area contributed by atoms with Crippen LogP contribution in [0.15, 0.2) is 60.4 Å². The first-order valence-electron chi connectivity index (χ1n) is 11.4. The van der Waals surface area contributed by atoms with Gasteiger partial charge in [0, 0.05) is 34.8 Å². The first-order valence-corrected chi connectivity index (χ1v) is 11.4. The van der Waals surface area contributed by atoms with E-state index < -0.39 is 23.5 Å². The molecule has 0 saturated carbocycles. The average Bonchev–Trinajstić information content (AvgIpc) is 3.44. The van der Waals surface area contributed by atoms with Crippen LogP contribution >= 0.6 is 0 Å². The normalized spacial score (nSPS) is 19.7. The molecule has 3 aromatic rings. The van der Waals surface area contributed by atoms with Gasteiger partial charge in [0.2, 0.25) is 0 Å². The number of nitrogens with two attached hydrogens (primary N) is 1. The van der Waals surface area contributed by atoms with E-state index in [2.05, 4.69) is 10.3 Å². The number of H-pyrrole nitrogens is 1. The van der Waals surface area contributed by atoms with E-state index >= 15 is 0 Å². The van der Waals surface area contributed by atoms with Crippen molar-refractivity contribution in [3.05, 3.63) is 77.1 Å². The number of imide groups is 1. The molecule has 0 aliphatic carbocycles. The SMILES string of the molecule is CC(C)(C)OC(=O)[N+]1(C)C=C(C2=C(c3c[nH]c4ccccc34)C(=O)NC2=O)c2cccc(CN)c21. The fourth-order valence-corrected chi connectivity index (χ4v) is 4.86. The van der Waals surface area contributed by atoms with E-state index in [9.17, 15) is 14.4 Å². The summed E-state index contributed by atoms with van der Waals surface area (Å²) in [6.07, 6.45) is 2.90. The average molecular weight is 472 g/mol. The smallest absolute Gasteiger partial charge is 0.414 e. The summed E-state index contributed by atoms with van der Waals surface area (Å²) in [6, 6.07) is 13.1. The molecule has 1 aromatic heterocycles. The maximum absolute atomic E-state index is 13.5. The number of quaternary nitrogens is 1. The van der Waals surface area contributed by atoms with Crippen molar-refractivity contribution < 1.29 is 19.1 Å². The third-order valence-corrected chi connectivity index (χ3v) is 6.31. The number of para-hydroxylation sites is 2. The number of rotatable bonds is 3. The second-order valence-electron chi connectivity index (χ2n) is 9.90. The third-order valence-electron chi connectivity index (χ3n) is 6.31. The van der Waals surface area contributed by atoms with E-state index in [1.807, 2.05) is 42.5 Å². The lowest BCUT2D eigenvalue weighted by atomic mass is 9.92. The number of aromatic nitrogens is 1. The Balaban J connectivity index is 1.79. The number of aromatic amines is 1. The molecule has 3 amide bonds. The number of benzene rings is 2. The Morgan fingerprint density at radius 1 is 1.00 bits per heavy atom. The summed E-state index contributed by atoms with van der Waals surface area (Å²) in [6.45, 7) is 5.59. The molecule has 0 bridgehead atoms. The molecule has 0 saturated heterocycles.